The molecule has 7 nitrogen and oxygen atoms in total. The second-order valence-corrected chi connectivity index (χ2v) is 6.51. The molecule has 0 fully saturated rings. The Balaban J connectivity index is 0.000000273. The molecule has 3 N–H and O–H groups in total. The number of phenolic OH excluding ortho intramolecular Hbond substituents is 1. The summed E-state index contributed by atoms with van der Waals surface area (Å²) in [4.78, 5) is 11.3. The van der Waals surface area contributed by atoms with Gasteiger partial charge < -0.3 is 14.9 Å². The van der Waals surface area contributed by atoms with Crippen molar-refractivity contribution in [3.05, 3.63) is 64.1 Å². The zero-order chi connectivity index (χ0) is 20.0. The number of aromatic hydroxyl groups is 1. The molecular formula is C19H21BrN4O3. The Hall–Kier alpha value is -2.87. The molecule has 0 unspecified atom stereocenters. The highest BCUT2D eigenvalue weighted by atomic mass is 79.9. The summed E-state index contributed by atoms with van der Waals surface area (Å²) in [5.74, 6) is 1.33. The van der Waals surface area contributed by atoms with Gasteiger partial charge in [0.05, 0.1) is 10.2 Å². The maximum absolute atomic E-state index is 11.3. The zero-order valence-electron chi connectivity index (χ0n) is 15.3. The minimum atomic E-state index is -0.124. The highest BCUT2D eigenvalue weighted by Crippen LogP contribution is 2.29. The lowest BCUT2D eigenvalue weighted by Gasteiger charge is -2.09. The van der Waals surface area contributed by atoms with Crippen LogP contribution >= 0.6 is 15.9 Å². The van der Waals surface area contributed by atoms with E-state index in [2.05, 4.69) is 50.1 Å². The molecule has 8 heteroatoms. The van der Waals surface area contributed by atoms with Gasteiger partial charge in [-0.3, -0.25) is 9.89 Å². The summed E-state index contributed by atoms with van der Waals surface area (Å²) in [5, 5.41) is 23.1. The molecule has 2 aromatic heterocycles. The van der Waals surface area contributed by atoms with E-state index in [9.17, 15) is 9.90 Å². The summed E-state index contributed by atoms with van der Waals surface area (Å²) < 4.78 is 5.34. The van der Waals surface area contributed by atoms with E-state index in [0.29, 0.717) is 27.2 Å². The first-order chi connectivity index (χ1) is 12.8. The maximum Gasteiger partial charge on any atom is 0.178 e. The number of nitrogens with zero attached hydrogens (tertiary/aromatic N) is 2. The van der Waals surface area contributed by atoms with E-state index in [1.54, 1.807) is 24.3 Å². The number of rotatable bonds is 5. The van der Waals surface area contributed by atoms with E-state index < -0.39 is 0 Å². The van der Waals surface area contributed by atoms with Crippen molar-refractivity contribution in [3.8, 4) is 5.75 Å². The van der Waals surface area contributed by atoms with Crippen LogP contribution in [-0.4, -0.2) is 26.2 Å². The Morgan fingerprint density at radius 1 is 1.41 bits per heavy atom. The number of aromatic nitrogens is 3. The molecule has 0 saturated carbocycles. The third kappa shape index (κ3) is 5.30. The van der Waals surface area contributed by atoms with Crippen LogP contribution in [0.15, 0.2) is 45.9 Å². The predicted molar refractivity (Wildman–Crippen MR) is 108 cm³/mol. The summed E-state index contributed by atoms with van der Waals surface area (Å²) in [6.07, 6.45) is 0.956. The average Bonchev–Trinajstić information content (AvgIpc) is 3.22. The number of Topliss-reactive ketones (excluding diaryl/α,β-unsaturated/α-hetero) is 1. The Morgan fingerprint density at radius 3 is 2.59 bits per heavy atom. The Labute approximate surface area is 165 Å². The average molecular weight is 433 g/mol. The summed E-state index contributed by atoms with van der Waals surface area (Å²) in [6, 6.07) is 8.77. The number of hydrogen-bond donors (Lipinski definition) is 3. The van der Waals surface area contributed by atoms with Crippen molar-refractivity contribution in [3.63, 3.8) is 0 Å². The minimum Gasteiger partial charge on any atom is -0.507 e. The number of ketones is 1. The number of carbonyl (C=O) groups excluding carboxylic acids is 1. The number of H-pyrrole nitrogens is 1. The number of hydrogen-bond acceptors (Lipinski definition) is 6. The van der Waals surface area contributed by atoms with Gasteiger partial charge in [-0.2, -0.15) is 5.10 Å². The third-order valence-electron chi connectivity index (χ3n) is 3.60. The lowest BCUT2D eigenvalue weighted by atomic mass is 10.1. The Kier molecular flexibility index (Phi) is 6.95. The fourth-order valence-corrected chi connectivity index (χ4v) is 2.72. The van der Waals surface area contributed by atoms with Crippen molar-refractivity contribution in [1.82, 2.24) is 15.4 Å². The molecule has 0 atom stereocenters. The summed E-state index contributed by atoms with van der Waals surface area (Å²) in [7, 11) is 0. The number of phenols is 1. The molecule has 3 aromatic rings. The molecule has 3 rings (SSSR count). The molecule has 2 heterocycles. The second kappa shape index (κ2) is 9.18. The molecule has 0 aliphatic rings. The monoisotopic (exact) mass is 432 g/mol. The number of nitrogens with one attached hydrogen (secondary N) is 2. The normalized spacial score (nSPS) is 10.1. The number of aryl methyl sites for hydroxylation is 2. The van der Waals surface area contributed by atoms with Crippen LogP contribution in [0.5, 0.6) is 5.75 Å². The number of carbonyl (C=O) groups is 1. The largest absolute Gasteiger partial charge is 0.507 e. The van der Waals surface area contributed by atoms with Crippen LogP contribution in [0.4, 0.5) is 5.82 Å². The van der Waals surface area contributed by atoms with Crippen LogP contribution in [0.25, 0.3) is 5.70 Å². The van der Waals surface area contributed by atoms with Crippen LogP contribution in [0.2, 0.25) is 0 Å². The van der Waals surface area contributed by atoms with Gasteiger partial charge >= 0.3 is 0 Å². The first-order valence-electron chi connectivity index (χ1n) is 8.24. The maximum atomic E-state index is 11.3. The van der Waals surface area contributed by atoms with Crippen molar-refractivity contribution >= 4 is 33.2 Å². The van der Waals surface area contributed by atoms with Crippen LogP contribution < -0.4 is 5.32 Å². The summed E-state index contributed by atoms with van der Waals surface area (Å²) in [5.41, 5.74) is 2.47. The molecule has 27 heavy (non-hydrogen) atoms. The molecule has 142 valence electrons. The fourth-order valence-electron chi connectivity index (χ4n) is 2.17. The number of anilines is 1. The van der Waals surface area contributed by atoms with Gasteiger partial charge in [-0.25, -0.2) is 0 Å². The van der Waals surface area contributed by atoms with Gasteiger partial charge in [-0.15, -0.1) is 0 Å². The fraction of sp³-hybridized carbons (Fsp3) is 0.211. The molecule has 0 spiro atoms. The molecule has 0 aliphatic heterocycles. The predicted octanol–water partition coefficient (Wildman–Crippen LogP) is 4.71. The summed E-state index contributed by atoms with van der Waals surface area (Å²) in [6.45, 7) is 9.24. The number of benzene rings is 1. The first-order valence-corrected chi connectivity index (χ1v) is 9.04. The molecule has 0 radical (unpaired) electrons. The highest BCUT2D eigenvalue weighted by molar-refractivity contribution is 9.10. The van der Waals surface area contributed by atoms with Crippen molar-refractivity contribution < 1.29 is 14.4 Å². The van der Waals surface area contributed by atoms with Gasteiger partial charge in [0, 0.05) is 24.3 Å². The number of aromatic amines is 1. The number of para-hydroxylation sites is 1. The minimum absolute atomic E-state index is 0.124. The van der Waals surface area contributed by atoms with Crippen molar-refractivity contribution in [2.24, 2.45) is 0 Å². The van der Waals surface area contributed by atoms with E-state index in [4.69, 9.17) is 4.52 Å². The van der Waals surface area contributed by atoms with E-state index in [0.717, 1.165) is 17.9 Å². The van der Waals surface area contributed by atoms with E-state index in [-0.39, 0.29) is 11.5 Å². The van der Waals surface area contributed by atoms with Crippen LogP contribution in [0.1, 0.15) is 41.4 Å². The molecular weight excluding hydrogens is 412 g/mol. The molecule has 0 saturated heterocycles. The third-order valence-corrected chi connectivity index (χ3v) is 4.37. The van der Waals surface area contributed by atoms with Gasteiger partial charge in [-0.05, 0) is 41.4 Å². The smallest absolute Gasteiger partial charge is 0.178 e. The van der Waals surface area contributed by atoms with Gasteiger partial charge in [0.15, 0.2) is 11.6 Å². The molecule has 0 aliphatic carbocycles. The topological polar surface area (TPSA) is 104 Å². The van der Waals surface area contributed by atoms with Crippen LogP contribution in [0, 0.1) is 6.92 Å². The van der Waals surface area contributed by atoms with Gasteiger partial charge in [0.1, 0.15) is 17.2 Å². The standard InChI is InChI=1S/C13H12BrN3O2.C6H9NO/c1-7(9-5-3-4-6-10(9)19)15-13-11(14)12(8(2)18)16-17-13;1-3-6-4-5(2)8-7-6/h3-6,19H,1H2,2H3,(H2,15,16,17);4H,3H2,1-2H3. The van der Waals surface area contributed by atoms with Crippen LogP contribution in [0.3, 0.4) is 0 Å². The Bertz CT molecular complexity index is 946. The summed E-state index contributed by atoms with van der Waals surface area (Å²) >= 11 is 3.29. The lowest BCUT2D eigenvalue weighted by molar-refractivity contribution is 0.101. The molecule has 1 aromatic carbocycles. The van der Waals surface area contributed by atoms with Crippen LogP contribution in [-0.2, 0) is 6.42 Å². The van der Waals surface area contributed by atoms with E-state index >= 15 is 0 Å². The quantitative estimate of drug-likeness (QED) is 0.504. The van der Waals surface area contributed by atoms with Gasteiger partial charge in [0.2, 0.25) is 0 Å². The van der Waals surface area contributed by atoms with Crippen molar-refractivity contribution in [2.75, 3.05) is 5.32 Å². The lowest BCUT2D eigenvalue weighted by Crippen LogP contribution is -1.99. The highest BCUT2D eigenvalue weighted by Gasteiger charge is 2.15. The molecule has 0 bridgehead atoms. The van der Waals surface area contributed by atoms with E-state index in [1.165, 1.54) is 6.92 Å². The second-order valence-electron chi connectivity index (χ2n) is 5.72. The van der Waals surface area contributed by atoms with Crippen molar-refractivity contribution in [1.29, 1.82) is 0 Å². The molecule has 0 amide bonds. The van der Waals surface area contributed by atoms with Crippen molar-refractivity contribution in [2.45, 2.75) is 27.2 Å². The van der Waals surface area contributed by atoms with E-state index in [1.807, 2.05) is 13.0 Å². The Morgan fingerprint density at radius 2 is 2.11 bits per heavy atom. The van der Waals surface area contributed by atoms with Gasteiger partial charge in [-0.1, -0.05) is 30.8 Å². The zero-order valence-corrected chi connectivity index (χ0v) is 16.9. The SMILES string of the molecule is C=C(Nc1n[nH]c(C(C)=O)c1Br)c1ccccc1O.CCc1cc(C)on1. The van der Waals surface area contributed by atoms with Gasteiger partial charge in [0.25, 0.3) is 0 Å². The first kappa shape index (κ1) is 20.4. The number of halogens is 1.